The molecule has 0 aromatic heterocycles. The van der Waals surface area contributed by atoms with Gasteiger partial charge in [-0.3, -0.25) is 0 Å². The molecule has 116 valence electrons. The van der Waals surface area contributed by atoms with E-state index in [2.05, 4.69) is 10.6 Å². The van der Waals surface area contributed by atoms with E-state index in [4.69, 9.17) is 4.74 Å². The van der Waals surface area contributed by atoms with E-state index in [0.717, 1.165) is 0 Å². The second-order valence-corrected chi connectivity index (χ2v) is 5.10. The van der Waals surface area contributed by atoms with Gasteiger partial charge in [-0.2, -0.15) is 0 Å². The van der Waals surface area contributed by atoms with Crippen molar-refractivity contribution in [3.63, 3.8) is 0 Å². The molecule has 0 saturated carbocycles. The second-order valence-electron chi connectivity index (χ2n) is 5.10. The van der Waals surface area contributed by atoms with E-state index < -0.39 is 17.5 Å². The molecule has 0 aliphatic rings. The van der Waals surface area contributed by atoms with Gasteiger partial charge in [-0.1, -0.05) is 30.3 Å². The van der Waals surface area contributed by atoms with Crippen molar-refractivity contribution >= 4 is 12.0 Å². The van der Waals surface area contributed by atoms with Crippen molar-refractivity contribution in [1.82, 2.24) is 10.6 Å². The predicted octanol–water partition coefficient (Wildman–Crippen LogP) is 1.71. The van der Waals surface area contributed by atoms with Crippen LogP contribution in [-0.2, 0) is 15.1 Å². The number of carboxylic acids is 1. The third kappa shape index (κ3) is 5.07. The molecule has 0 aliphatic carbocycles. The van der Waals surface area contributed by atoms with Crippen molar-refractivity contribution in [2.24, 2.45) is 0 Å². The Balaban J connectivity index is 2.63. The molecule has 0 saturated heterocycles. The lowest BCUT2D eigenvalue weighted by atomic mass is 9.92. The Hall–Kier alpha value is -2.08. The SMILES string of the molecule is CC(C)OCCNC(=O)NC(C)(C(=O)O)c1ccccc1. The summed E-state index contributed by atoms with van der Waals surface area (Å²) in [6.45, 7) is 5.94. The van der Waals surface area contributed by atoms with Crippen LogP contribution in [0.2, 0.25) is 0 Å². The maximum atomic E-state index is 11.8. The van der Waals surface area contributed by atoms with Crippen LogP contribution in [-0.4, -0.2) is 36.4 Å². The van der Waals surface area contributed by atoms with E-state index in [1.807, 2.05) is 13.8 Å². The van der Waals surface area contributed by atoms with Gasteiger partial charge in [0.05, 0.1) is 12.7 Å². The monoisotopic (exact) mass is 294 g/mol. The average molecular weight is 294 g/mol. The summed E-state index contributed by atoms with van der Waals surface area (Å²) in [5, 5.41) is 14.5. The number of carbonyl (C=O) groups is 2. The number of aliphatic carboxylic acids is 1. The van der Waals surface area contributed by atoms with Crippen LogP contribution in [0, 0.1) is 0 Å². The molecule has 1 aromatic rings. The lowest BCUT2D eigenvalue weighted by molar-refractivity contribution is -0.144. The standard InChI is InChI=1S/C15H22N2O4/c1-11(2)21-10-9-16-14(20)17-15(3,13(18)19)12-7-5-4-6-8-12/h4-8,11H,9-10H2,1-3H3,(H,18,19)(H2,16,17,20). The van der Waals surface area contributed by atoms with E-state index >= 15 is 0 Å². The molecular weight excluding hydrogens is 272 g/mol. The summed E-state index contributed by atoms with van der Waals surface area (Å²) in [6, 6.07) is 8.02. The van der Waals surface area contributed by atoms with Gasteiger partial charge in [0.2, 0.25) is 0 Å². The molecular formula is C15H22N2O4. The maximum Gasteiger partial charge on any atom is 0.333 e. The molecule has 0 radical (unpaired) electrons. The predicted molar refractivity (Wildman–Crippen MR) is 79.1 cm³/mol. The molecule has 1 rings (SSSR count). The van der Waals surface area contributed by atoms with Gasteiger partial charge in [0.1, 0.15) is 0 Å². The summed E-state index contributed by atoms with van der Waals surface area (Å²) in [5.41, 5.74) is -0.976. The minimum absolute atomic E-state index is 0.0865. The van der Waals surface area contributed by atoms with E-state index in [-0.39, 0.29) is 6.10 Å². The Morgan fingerprint density at radius 2 is 1.90 bits per heavy atom. The lowest BCUT2D eigenvalue weighted by Crippen LogP contribution is -2.53. The molecule has 3 N–H and O–H groups in total. The number of ether oxygens (including phenoxy) is 1. The van der Waals surface area contributed by atoms with Crippen LogP contribution in [0.1, 0.15) is 26.3 Å². The summed E-state index contributed by atoms with van der Waals surface area (Å²) in [7, 11) is 0. The molecule has 21 heavy (non-hydrogen) atoms. The normalized spacial score (nSPS) is 13.5. The highest BCUT2D eigenvalue weighted by atomic mass is 16.5. The number of urea groups is 1. The second kappa shape index (κ2) is 7.64. The minimum Gasteiger partial charge on any atom is -0.479 e. The summed E-state index contributed by atoms with van der Waals surface area (Å²) in [5.74, 6) is -1.12. The van der Waals surface area contributed by atoms with Crippen molar-refractivity contribution in [2.45, 2.75) is 32.4 Å². The van der Waals surface area contributed by atoms with Gasteiger partial charge in [0.15, 0.2) is 5.54 Å². The smallest absolute Gasteiger partial charge is 0.333 e. The molecule has 6 heteroatoms. The molecule has 1 unspecified atom stereocenters. The Morgan fingerprint density at radius 1 is 1.29 bits per heavy atom. The molecule has 0 fully saturated rings. The van der Waals surface area contributed by atoms with Crippen LogP contribution >= 0.6 is 0 Å². The van der Waals surface area contributed by atoms with E-state index in [1.165, 1.54) is 6.92 Å². The first kappa shape index (κ1) is 17.0. The summed E-state index contributed by atoms with van der Waals surface area (Å²) in [4.78, 5) is 23.3. The molecule has 6 nitrogen and oxygen atoms in total. The van der Waals surface area contributed by atoms with Gasteiger partial charge in [0, 0.05) is 6.54 Å². The van der Waals surface area contributed by atoms with Crippen LogP contribution in [0.15, 0.2) is 30.3 Å². The number of rotatable bonds is 7. The van der Waals surface area contributed by atoms with Crippen LogP contribution in [0.3, 0.4) is 0 Å². The Kier molecular flexibility index (Phi) is 6.17. The first-order valence-electron chi connectivity index (χ1n) is 6.83. The van der Waals surface area contributed by atoms with Crippen molar-refractivity contribution in [3.8, 4) is 0 Å². The van der Waals surface area contributed by atoms with Crippen molar-refractivity contribution < 1.29 is 19.4 Å². The van der Waals surface area contributed by atoms with Gasteiger partial charge in [-0.15, -0.1) is 0 Å². The van der Waals surface area contributed by atoms with Crippen LogP contribution in [0.25, 0.3) is 0 Å². The zero-order valence-electron chi connectivity index (χ0n) is 12.6. The molecule has 0 spiro atoms. The maximum absolute atomic E-state index is 11.8. The van der Waals surface area contributed by atoms with Gasteiger partial charge in [0.25, 0.3) is 0 Å². The van der Waals surface area contributed by atoms with Gasteiger partial charge in [-0.25, -0.2) is 9.59 Å². The number of hydrogen-bond donors (Lipinski definition) is 3. The summed E-state index contributed by atoms with van der Waals surface area (Å²) < 4.78 is 5.30. The molecule has 2 amide bonds. The average Bonchev–Trinajstić information content (AvgIpc) is 2.44. The number of hydrogen-bond acceptors (Lipinski definition) is 3. The van der Waals surface area contributed by atoms with Crippen LogP contribution in [0.5, 0.6) is 0 Å². The third-order valence-corrected chi connectivity index (χ3v) is 2.98. The highest BCUT2D eigenvalue weighted by Gasteiger charge is 2.36. The van der Waals surface area contributed by atoms with Gasteiger partial charge in [-0.05, 0) is 26.3 Å². The fourth-order valence-electron chi connectivity index (χ4n) is 1.75. The highest BCUT2D eigenvalue weighted by molar-refractivity contribution is 5.87. The summed E-state index contributed by atoms with van der Waals surface area (Å²) >= 11 is 0. The number of amides is 2. The molecule has 0 heterocycles. The number of carbonyl (C=O) groups excluding carboxylic acids is 1. The van der Waals surface area contributed by atoms with E-state index in [0.29, 0.717) is 18.7 Å². The Morgan fingerprint density at radius 3 is 2.43 bits per heavy atom. The number of carboxylic acid groups (broad SMARTS) is 1. The van der Waals surface area contributed by atoms with Crippen LogP contribution in [0.4, 0.5) is 4.79 Å². The Bertz CT molecular complexity index is 476. The van der Waals surface area contributed by atoms with E-state index in [1.54, 1.807) is 30.3 Å². The minimum atomic E-state index is -1.48. The Labute approximate surface area is 124 Å². The van der Waals surface area contributed by atoms with Crippen LogP contribution < -0.4 is 10.6 Å². The van der Waals surface area contributed by atoms with Crippen molar-refractivity contribution in [2.75, 3.05) is 13.2 Å². The topological polar surface area (TPSA) is 87.7 Å². The van der Waals surface area contributed by atoms with E-state index in [9.17, 15) is 14.7 Å². The lowest BCUT2D eigenvalue weighted by Gasteiger charge is -2.26. The molecule has 0 aliphatic heterocycles. The zero-order valence-corrected chi connectivity index (χ0v) is 12.6. The number of benzene rings is 1. The van der Waals surface area contributed by atoms with Gasteiger partial charge < -0.3 is 20.5 Å². The summed E-state index contributed by atoms with van der Waals surface area (Å²) in [6.07, 6.45) is 0.0865. The van der Waals surface area contributed by atoms with Gasteiger partial charge >= 0.3 is 12.0 Å². The van der Waals surface area contributed by atoms with Crippen molar-refractivity contribution in [3.05, 3.63) is 35.9 Å². The first-order chi connectivity index (χ1) is 9.86. The quantitative estimate of drug-likeness (QED) is 0.668. The molecule has 1 atom stereocenters. The highest BCUT2D eigenvalue weighted by Crippen LogP contribution is 2.20. The first-order valence-corrected chi connectivity index (χ1v) is 6.83. The molecule has 0 bridgehead atoms. The fourth-order valence-corrected chi connectivity index (χ4v) is 1.75. The number of nitrogens with one attached hydrogen (secondary N) is 2. The third-order valence-electron chi connectivity index (χ3n) is 2.98. The van der Waals surface area contributed by atoms with Crippen molar-refractivity contribution in [1.29, 1.82) is 0 Å². The fraction of sp³-hybridized carbons (Fsp3) is 0.467. The molecule has 1 aromatic carbocycles. The zero-order chi connectivity index (χ0) is 15.9. The largest absolute Gasteiger partial charge is 0.479 e.